The van der Waals surface area contributed by atoms with Crippen LogP contribution in [0.25, 0.3) is 10.9 Å². The first kappa shape index (κ1) is 18.1. The summed E-state index contributed by atoms with van der Waals surface area (Å²) in [5, 5.41) is 5.32. The molecule has 1 aromatic carbocycles. The van der Waals surface area contributed by atoms with E-state index in [9.17, 15) is 14.4 Å². The zero-order chi connectivity index (χ0) is 20.3. The zero-order valence-corrected chi connectivity index (χ0v) is 16.6. The second-order valence-electron chi connectivity index (χ2n) is 8.24. The number of hydrogen-bond acceptors (Lipinski definition) is 5. The number of ether oxygens (including phenoxy) is 1. The van der Waals surface area contributed by atoms with Gasteiger partial charge >= 0.3 is 0 Å². The fraction of sp³-hybridized carbons (Fsp3) is 0.524. The van der Waals surface area contributed by atoms with Crippen molar-refractivity contribution in [2.75, 3.05) is 7.11 Å². The summed E-state index contributed by atoms with van der Waals surface area (Å²) in [7, 11) is 3.42. The Hall–Kier alpha value is -2.90. The molecule has 3 amide bonds. The number of aryl methyl sites for hydroxylation is 1. The number of aromatic nitrogens is 2. The van der Waals surface area contributed by atoms with E-state index >= 15 is 0 Å². The van der Waals surface area contributed by atoms with E-state index in [4.69, 9.17) is 4.74 Å². The van der Waals surface area contributed by atoms with Crippen molar-refractivity contribution in [3.8, 4) is 5.88 Å². The number of hydrogen-bond donors (Lipinski definition) is 0. The fourth-order valence-electron chi connectivity index (χ4n) is 5.39. The number of likely N-dealkylation sites (tertiary alicyclic amines) is 1. The highest BCUT2D eigenvalue weighted by molar-refractivity contribution is 6.02. The van der Waals surface area contributed by atoms with Gasteiger partial charge < -0.3 is 9.64 Å². The molecule has 0 N–H and O–H groups in total. The molecule has 8 nitrogen and oxygen atoms in total. The van der Waals surface area contributed by atoms with Crippen LogP contribution in [0.5, 0.6) is 5.88 Å². The highest BCUT2D eigenvalue weighted by Crippen LogP contribution is 2.40. The van der Waals surface area contributed by atoms with E-state index in [1.807, 2.05) is 30.1 Å². The van der Waals surface area contributed by atoms with Gasteiger partial charge in [-0.05, 0) is 43.9 Å². The summed E-state index contributed by atoms with van der Waals surface area (Å²) in [6.07, 6.45) is 3.84. The van der Waals surface area contributed by atoms with Crippen LogP contribution in [0.4, 0.5) is 0 Å². The van der Waals surface area contributed by atoms with E-state index in [1.54, 1.807) is 11.8 Å². The summed E-state index contributed by atoms with van der Waals surface area (Å²) < 4.78 is 7.05. The molecule has 8 heteroatoms. The average molecular weight is 396 g/mol. The number of nitrogens with zero attached hydrogens (tertiary/aromatic N) is 4. The zero-order valence-electron chi connectivity index (χ0n) is 16.6. The van der Waals surface area contributed by atoms with Gasteiger partial charge in [0, 0.05) is 43.6 Å². The molecule has 0 radical (unpaired) electrons. The third-order valence-corrected chi connectivity index (χ3v) is 6.62. The van der Waals surface area contributed by atoms with Crippen LogP contribution in [0, 0.1) is 0 Å². The molecule has 5 rings (SSSR count). The maximum atomic E-state index is 13.3. The lowest BCUT2D eigenvalue weighted by Gasteiger charge is -2.41. The molecule has 29 heavy (non-hydrogen) atoms. The molecule has 3 fully saturated rings. The minimum absolute atomic E-state index is 0.00143. The van der Waals surface area contributed by atoms with E-state index in [0.717, 1.165) is 23.7 Å². The van der Waals surface area contributed by atoms with Gasteiger partial charge in [0.2, 0.25) is 17.7 Å². The predicted octanol–water partition coefficient (Wildman–Crippen LogP) is 1.87. The normalized spacial score (nSPS) is 26.6. The van der Waals surface area contributed by atoms with Crippen molar-refractivity contribution < 1.29 is 19.1 Å². The van der Waals surface area contributed by atoms with E-state index in [2.05, 4.69) is 5.10 Å². The lowest BCUT2D eigenvalue weighted by molar-refractivity contribution is -0.142. The molecule has 2 atom stereocenters. The highest BCUT2D eigenvalue weighted by atomic mass is 16.5. The molecule has 4 heterocycles. The maximum Gasteiger partial charge on any atom is 0.254 e. The number of rotatable bonds is 3. The average Bonchev–Trinajstić information content (AvgIpc) is 3.30. The lowest BCUT2D eigenvalue weighted by atomic mass is 9.95. The highest BCUT2D eigenvalue weighted by Gasteiger charge is 2.47. The third kappa shape index (κ3) is 2.73. The Bertz CT molecular complexity index is 999. The lowest BCUT2D eigenvalue weighted by Crippen LogP contribution is -2.53. The number of piperidine rings is 1. The van der Waals surface area contributed by atoms with E-state index in [1.165, 1.54) is 4.90 Å². The summed E-state index contributed by atoms with van der Waals surface area (Å²) in [4.78, 5) is 41.1. The second kappa shape index (κ2) is 6.57. The smallest absolute Gasteiger partial charge is 0.254 e. The maximum absolute atomic E-state index is 13.3. The van der Waals surface area contributed by atoms with Crippen molar-refractivity contribution in [2.24, 2.45) is 7.05 Å². The van der Waals surface area contributed by atoms with Crippen molar-refractivity contribution in [1.82, 2.24) is 19.6 Å². The van der Waals surface area contributed by atoms with Crippen LogP contribution in [0.2, 0.25) is 0 Å². The summed E-state index contributed by atoms with van der Waals surface area (Å²) >= 11 is 0. The van der Waals surface area contributed by atoms with Crippen LogP contribution < -0.4 is 4.74 Å². The Morgan fingerprint density at radius 3 is 2.34 bits per heavy atom. The number of methoxy groups -OCH3 is 1. The second-order valence-corrected chi connectivity index (χ2v) is 8.24. The predicted molar refractivity (Wildman–Crippen MR) is 104 cm³/mol. The number of amides is 3. The van der Waals surface area contributed by atoms with Crippen molar-refractivity contribution in [1.29, 1.82) is 0 Å². The number of carbonyl (C=O) groups is 3. The van der Waals surface area contributed by atoms with Gasteiger partial charge in [-0.1, -0.05) is 0 Å². The minimum atomic E-state index is -0.0680. The van der Waals surface area contributed by atoms with Crippen LogP contribution in [0.15, 0.2) is 18.2 Å². The van der Waals surface area contributed by atoms with Gasteiger partial charge in [-0.25, -0.2) is 4.68 Å². The molecule has 152 valence electrons. The standard InChI is InChI=1S/C21H24N4O4/c1-23-21(29-2)16-6-3-12(9-17(16)22-23)20(28)24-13-4-5-14(24)11-15(10-13)25-18(26)7-8-19(25)27/h3,6,9,13-15H,4-5,7-8,10-11H2,1-2H3. The first-order chi connectivity index (χ1) is 14.0. The van der Waals surface area contributed by atoms with Crippen LogP contribution >= 0.6 is 0 Å². The summed E-state index contributed by atoms with van der Waals surface area (Å²) in [6.45, 7) is 0. The first-order valence-corrected chi connectivity index (χ1v) is 10.2. The topological polar surface area (TPSA) is 84.7 Å². The Labute approximate surface area is 168 Å². The molecule has 1 aromatic heterocycles. The van der Waals surface area contributed by atoms with Crippen LogP contribution in [0.3, 0.4) is 0 Å². The van der Waals surface area contributed by atoms with Gasteiger partial charge in [0.15, 0.2) is 0 Å². The molecule has 2 unspecified atom stereocenters. The first-order valence-electron chi connectivity index (χ1n) is 10.2. The van der Waals surface area contributed by atoms with Crippen LogP contribution in [0.1, 0.15) is 48.9 Å². The third-order valence-electron chi connectivity index (χ3n) is 6.62. The van der Waals surface area contributed by atoms with Crippen molar-refractivity contribution in [3.63, 3.8) is 0 Å². The van der Waals surface area contributed by atoms with Gasteiger partial charge in [-0.2, -0.15) is 5.10 Å². The Balaban J connectivity index is 1.39. The van der Waals surface area contributed by atoms with Crippen LogP contribution in [-0.4, -0.2) is 62.5 Å². The molecule has 0 saturated carbocycles. The molecule has 3 aliphatic heterocycles. The van der Waals surface area contributed by atoms with Gasteiger partial charge in [-0.15, -0.1) is 0 Å². The Morgan fingerprint density at radius 1 is 1.07 bits per heavy atom. The Kier molecular flexibility index (Phi) is 4.11. The number of carbonyl (C=O) groups excluding carboxylic acids is 3. The van der Waals surface area contributed by atoms with E-state index < -0.39 is 0 Å². The van der Waals surface area contributed by atoms with E-state index in [0.29, 0.717) is 37.1 Å². The SMILES string of the molecule is COc1c2ccc(C(=O)N3C4CCC3CC(N3C(=O)CCC3=O)C4)cc2nn1C. The van der Waals surface area contributed by atoms with Gasteiger partial charge in [0.05, 0.1) is 18.0 Å². The number of imide groups is 1. The molecular formula is C21H24N4O4. The van der Waals surface area contributed by atoms with Gasteiger partial charge in [0.25, 0.3) is 5.91 Å². The molecule has 0 aliphatic carbocycles. The summed E-state index contributed by atoms with van der Waals surface area (Å²) in [6, 6.07) is 5.60. The quantitative estimate of drug-likeness (QED) is 0.740. The molecule has 0 spiro atoms. The minimum Gasteiger partial charge on any atom is -0.481 e. The largest absolute Gasteiger partial charge is 0.481 e. The summed E-state index contributed by atoms with van der Waals surface area (Å²) in [5.74, 6) is 0.545. The van der Waals surface area contributed by atoms with Crippen LogP contribution in [-0.2, 0) is 16.6 Å². The Morgan fingerprint density at radius 2 is 1.72 bits per heavy atom. The molecule has 2 aromatic rings. The van der Waals surface area contributed by atoms with E-state index in [-0.39, 0.29) is 35.8 Å². The monoisotopic (exact) mass is 396 g/mol. The summed E-state index contributed by atoms with van der Waals surface area (Å²) in [5.41, 5.74) is 1.34. The van der Waals surface area contributed by atoms with Crippen molar-refractivity contribution >= 4 is 28.6 Å². The van der Waals surface area contributed by atoms with Crippen molar-refractivity contribution in [3.05, 3.63) is 23.8 Å². The molecular weight excluding hydrogens is 372 g/mol. The number of fused-ring (bicyclic) bond motifs is 3. The number of benzene rings is 1. The van der Waals surface area contributed by atoms with Gasteiger partial charge in [0.1, 0.15) is 0 Å². The molecule has 3 saturated heterocycles. The van der Waals surface area contributed by atoms with Gasteiger partial charge in [-0.3, -0.25) is 19.3 Å². The molecule has 2 bridgehead atoms. The fourth-order valence-corrected chi connectivity index (χ4v) is 5.39. The molecule has 3 aliphatic rings. The van der Waals surface area contributed by atoms with Crippen molar-refractivity contribution in [2.45, 2.75) is 56.7 Å².